The van der Waals surface area contributed by atoms with Crippen molar-refractivity contribution < 1.29 is 92.0 Å². The van der Waals surface area contributed by atoms with Gasteiger partial charge in [0.2, 0.25) is 0 Å². The van der Waals surface area contributed by atoms with Gasteiger partial charge in [-0.3, -0.25) is 0 Å². The first-order valence-corrected chi connectivity index (χ1v) is 19.5. The Morgan fingerprint density at radius 3 is 0.762 bits per heavy atom. The summed E-state index contributed by atoms with van der Waals surface area (Å²) in [6, 6.07) is 18.9. The van der Waals surface area contributed by atoms with Gasteiger partial charge in [0.1, 0.15) is 70.9 Å². The summed E-state index contributed by atoms with van der Waals surface area (Å²) in [5.74, 6) is -70.7. The molecule has 23 heteroatoms. The van der Waals surface area contributed by atoms with Gasteiger partial charge in [0.05, 0.1) is 9.93 Å². The second-order valence-electron chi connectivity index (χ2n) is 13.9. The van der Waals surface area contributed by atoms with E-state index in [1.54, 1.807) is 0 Å². The molecule has 0 aliphatic carbocycles. The highest BCUT2D eigenvalue weighted by Crippen LogP contribution is 2.31. The first-order valence-electron chi connectivity index (χ1n) is 17.0. The lowest BCUT2D eigenvalue weighted by Crippen LogP contribution is -2.81. The van der Waals surface area contributed by atoms with Crippen molar-refractivity contribution in [1.82, 2.24) is 0 Å². The maximum absolute atomic E-state index is 15.4. The van der Waals surface area contributed by atoms with E-state index in [0.717, 1.165) is 12.0 Å². The molecule has 0 amide bonds. The van der Waals surface area contributed by atoms with E-state index in [9.17, 15) is 56.9 Å². The minimum atomic E-state index is -7.22. The molecule has 63 heavy (non-hydrogen) atoms. The molecule has 0 aliphatic rings. The number of halogens is 20. The fourth-order valence-corrected chi connectivity index (χ4v) is 7.86. The summed E-state index contributed by atoms with van der Waals surface area (Å²) in [5, 5.41) is 0. The Balaban J connectivity index is 0.000000345. The predicted octanol–water partition coefficient (Wildman–Crippen LogP) is 9.38. The molecule has 0 aromatic heterocycles. The topological polar surface area (TPSA) is 17.1 Å². The molecular weight excluding hydrogens is 919 g/mol. The Kier molecular flexibility index (Phi) is 13.5. The van der Waals surface area contributed by atoms with E-state index < -0.39 is 154 Å². The second kappa shape index (κ2) is 17.7. The summed E-state index contributed by atoms with van der Waals surface area (Å²) in [6.07, 6.45) is -2.64. The van der Waals surface area contributed by atoms with Crippen LogP contribution in [0, 0.1) is 116 Å². The summed E-state index contributed by atoms with van der Waals surface area (Å²) in [7, 11) is -1.70. The summed E-state index contributed by atoms with van der Waals surface area (Å²) >= 11 is 0. The molecule has 6 rings (SSSR count). The largest absolute Gasteiger partial charge is 0.207 e. The van der Waals surface area contributed by atoms with Crippen molar-refractivity contribution in [2.24, 2.45) is 0 Å². The van der Waals surface area contributed by atoms with Crippen molar-refractivity contribution in [2.75, 3.05) is 12.5 Å². The van der Waals surface area contributed by atoms with Crippen molar-refractivity contribution in [3.05, 3.63) is 188 Å². The lowest BCUT2D eigenvalue weighted by Gasteiger charge is -2.44. The van der Waals surface area contributed by atoms with Crippen LogP contribution in [-0.4, -0.2) is 18.7 Å². The number of hydrogen-bond donors (Lipinski definition) is 0. The van der Waals surface area contributed by atoms with E-state index in [2.05, 4.69) is 48.5 Å². The van der Waals surface area contributed by atoms with E-state index in [-0.39, 0.29) is 0 Å². The molecule has 0 unspecified atom stereocenters. The Bertz CT molecular complexity index is 2450. The average Bonchev–Trinajstić information content (AvgIpc) is 3.24. The molecule has 1 nitrogen and oxygen atoms in total. The van der Waals surface area contributed by atoms with Gasteiger partial charge in [-0.15, -0.1) is 26.1 Å². The highest BCUT2D eigenvalue weighted by molar-refractivity contribution is 8.00. The van der Waals surface area contributed by atoms with Gasteiger partial charge >= 0.3 is 0 Å². The first kappa shape index (κ1) is 48.2. The smallest absolute Gasteiger partial charge is 0.200 e. The van der Waals surface area contributed by atoms with Crippen molar-refractivity contribution >= 4 is 37.9 Å². The van der Waals surface area contributed by atoms with Gasteiger partial charge in [0.15, 0.2) is 69.8 Å². The summed E-state index contributed by atoms with van der Waals surface area (Å²) in [6.45, 7) is 0. The Hall–Kier alpha value is -5.87. The molecule has 0 heterocycles. The standard InChI is InChI=1S/C24BF20.C16H19OS/c26-5-1(6(27)14(35)21(42)13(5)34)25(2-7(28)15(36)22(43)16(37)8(2)29,3-9(30)17(38)23(44)18(39)10(3)31)4-11(32)19(40)24(45)20(41)12(4)33;1-18(2,17)13-16-10-8-15(9-11-16)12-14-6-4-3-5-7-14/h;3-11H,12-13H2,1-2H3/q-1;+1. The van der Waals surface area contributed by atoms with Crippen LogP contribution >= 0.6 is 0 Å². The van der Waals surface area contributed by atoms with Gasteiger partial charge in [0, 0.05) is 5.56 Å². The molecule has 6 aromatic carbocycles. The minimum absolute atomic E-state index is 0.665. The summed E-state index contributed by atoms with van der Waals surface area (Å²) < 4.78 is 306. The van der Waals surface area contributed by atoms with Crippen LogP contribution in [0.2, 0.25) is 0 Å². The van der Waals surface area contributed by atoms with E-state index in [1.807, 2.05) is 18.6 Å². The molecule has 0 saturated heterocycles. The first-order chi connectivity index (χ1) is 29.2. The third kappa shape index (κ3) is 8.26. The molecule has 0 fully saturated rings. The van der Waals surface area contributed by atoms with Crippen LogP contribution in [0.15, 0.2) is 54.6 Å². The normalized spacial score (nSPS) is 11.8. The third-order valence-corrected chi connectivity index (χ3v) is 10.5. The highest BCUT2D eigenvalue weighted by atomic mass is 32.2. The number of rotatable bonds is 8. The monoisotopic (exact) mass is 938 g/mol. The second-order valence-corrected chi connectivity index (χ2v) is 17.0. The third-order valence-electron chi connectivity index (χ3n) is 9.50. The zero-order chi connectivity index (χ0) is 47.4. The maximum Gasteiger partial charge on any atom is 0.200 e. The Labute approximate surface area is 341 Å². The van der Waals surface area contributed by atoms with E-state index in [0.29, 0.717) is 5.75 Å². The van der Waals surface area contributed by atoms with E-state index in [1.165, 1.54) is 11.1 Å². The van der Waals surface area contributed by atoms with Crippen molar-refractivity contribution in [2.45, 2.75) is 12.2 Å². The SMILES string of the molecule is C[S+](C)(=O)Cc1ccc(Cc2ccccc2)cc1.Fc1c(F)c(F)c([B-](c2c(F)c(F)c(F)c(F)c2F)(c2c(F)c(F)c(F)c(F)c2F)c2c(F)c(F)c(F)c(F)c2F)c(F)c1F. The summed E-state index contributed by atoms with van der Waals surface area (Å²) in [4.78, 5) is 0. The van der Waals surface area contributed by atoms with Gasteiger partial charge < -0.3 is 0 Å². The van der Waals surface area contributed by atoms with Crippen molar-refractivity contribution in [1.29, 1.82) is 0 Å². The summed E-state index contributed by atoms with van der Waals surface area (Å²) in [5.41, 5.74) is -10.6. The van der Waals surface area contributed by atoms with Crippen LogP contribution < -0.4 is 21.9 Å². The van der Waals surface area contributed by atoms with Crippen LogP contribution in [0.3, 0.4) is 0 Å². The fraction of sp³-hybridized carbons (Fsp3) is 0.100. The molecule has 0 radical (unpaired) electrons. The minimum Gasteiger partial charge on any atom is -0.207 e. The molecule has 0 atom stereocenters. The van der Waals surface area contributed by atoms with Gasteiger partial charge in [-0.2, -0.15) is 0 Å². The zero-order valence-electron chi connectivity index (χ0n) is 31.1. The quantitative estimate of drug-likeness (QED) is 0.0489. The number of benzene rings is 6. The van der Waals surface area contributed by atoms with E-state index in [4.69, 9.17) is 0 Å². The predicted molar refractivity (Wildman–Crippen MR) is 189 cm³/mol. The lowest BCUT2D eigenvalue weighted by atomic mass is 9.12. The van der Waals surface area contributed by atoms with Gasteiger partial charge in [0.25, 0.3) is 0 Å². The highest BCUT2D eigenvalue weighted by Gasteiger charge is 2.52. The van der Waals surface area contributed by atoms with Gasteiger partial charge in [-0.25, -0.2) is 87.8 Å². The molecule has 334 valence electrons. The Morgan fingerprint density at radius 2 is 0.524 bits per heavy atom. The van der Waals surface area contributed by atoms with Gasteiger partial charge in [-0.05, 0) is 17.5 Å². The van der Waals surface area contributed by atoms with Gasteiger partial charge in [-0.1, -0.05) is 54.6 Å². The molecule has 0 aliphatic heterocycles. The maximum atomic E-state index is 15.4. The average molecular weight is 938 g/mol. The molecule has 0 bridgehead atoms. The molecule has 0 N–H and O–H groups in total. The molecule has 0 spiro atoms. The molecular formula is C40H19BF20OS. The van der Waals surface area contributed by atoms with Crippen LogP contribution in [-0.2, 0) is 26.3 Å². The van der Waals surface area contributed by atoms with Crippen molar-refractivity contribution in [3.8, 4) is 0 Å². The zero-order valence-corrected chi connectivity index (χ0v) is 31.9. The van der Waals surface area contributed by atoms with Crippen LogP contribution in [0.1, 0.15) is 16.7 Å². The lowest BCUT2D eigenvalue weighted by molar-refractivity contribution is 0.378. The Morgan fingerprint density at radius 1 is 0.317 bits per heavy atom. The number of hydrogen-bond acceptors (Lipinski definition) is 1. The van der Waals surface area contributed by atoms with E-state index >= 15 is 35.1 Å². The fourth-order valence-electron chi connectivity index (χ4n) is 6.86. The van der Waals surface area contributed by atoms with Crippen LogP contribution in [0.4, 0.5) is 87.8 Å². The van der Waals surface area contributed by atoms with Crippen molar-refractivity contribution in [3.63, 3.8) is 0 Å². The molecule has 0 saturated carbocycles. The molecule has 6 aromatic rings. The van der Waals surface area contributed by atoms with Crippen LogP contribution in [0.5, 0.6) is 0 Å². The van der Waals surface area contributed by atoms with Crippen LogP contribution in [0.25, 0.3) is 0 Å².